The van der Waals surface area contributed by atoms with Gasteiger partial charge in [0.05, 0.1) is 17.4 Å². The van der Waals surface area contributed by atoms with Crippen molar-refractivity contribution in [1.82, 2.24) is 5.06 Å². The summed E-state index contributed by atoms with van der Waals surface area (Å²) in [5.41, 5.74) is 1.08. The molecule has 2 aromatic rings. The zero-order valence-corrected chi connectivity index (χ0v) is 12.0. The van der Waals surface area contributed by atoms with Crippen molar-refractivity contribution in [1.29, 1.82) is 0 Å². The van der Waals surface area contributed by atoms with Gasteiger partial charge < -0.3 is 9.25 Å². The number of fused-ring (bicyclic) bond motifs is 1. The fraction of sp³-hybridized carbons (Fsp3) is 0.188. The van der Waals surface area contributed by atoms with Crippen LogP contribution in [0.25, 0.3) is 0 Å². The number of hydrogen-bond donors (Lipinski definition) is 0. The fourth-order valence-corrected chi connectivity index (χ4v) is 2.31. The van der Waals surface area contributed by atoms with Crippen LogP contribution in [-0.4, -0.2) is 22.8 Å². The third-order valence-corrected chi connectivity index (χ3v) is 3.43. The molecule has 0 radical (unpaired) electrons. The lowest BCUT2D eigenvalue weighted by atomic mass is 10.0. The molecule has 0 unspecified atom stereocenters. The van der Waals surface area contributed by atoms with E-state index in [4.69, 9.17) is 9.25 Å². The first-order valence-corrected chi connectivity index (χ1v) is 6.78. The highest BCUT2D eigenvalue weighted by Gasteiger charge is 2.39. The minimum Gasteiger partial charge on any atom is -0.457 e. The Hall–Kier alpha value is -2.89. The molecule has 1 aromatic heterocycles. The Kier molecular flexibility index (Phi) is 3.29. The van der Waals surface area contributed by atoms with E-state index in [9.17, 15) is 14.4 Å². The Balaban J connectivity index is 1.86. The van der Waals surface area contributed by atoms with Crippen molar-refractivity contribution in [2.24, 2.45) is 0 Å². The topological polar surface area (TPSA) is 76.8 Å². The van der Waals surface area contributed by atoms with Gasteiger partial charge in [0.15, 0.2) is 0 Å². The SMILES string of the molecule is CC(C)c1ccoc1C(=O)ON1C(=O)c2ccccc2C1=O. The van der Waals surface area contributed by atoms with Crippen LogP contribution in [0.1, 0.15) is 56.6 Å². The van der Waals surface area contributed by atoms with Gasteiger partial charge in [0.25, 0.3) is 11.8 Å². The average molecular weight is 299 g/mol. The minimum atomic E-state index is -0.872. The van der Waals surface area contributed by atoms with Crippen molar-refractivity contribution < 1.29 is 23.6 Å². The van der Waals surface area contributed by atoms with Gasteiger partial charge in [-0.2, -0.15) is 0 Å². The molecule has 1 aliphatic rings. The fourth-order valence-electron chi connectivity index (χ4n) is 2.31. The molecular formula is C16H13NO5. The summed E-state index contributed by atoms with van der Waals surface area (Å²) in [6, 6.07) is 7.95. The molecule has 22 heavy (non-hydrogen) atoms. The van der Waals surface area contributed by atoms with E-state index in [0.717, 1.165) is 0 Å². The summed E-state index contributed by atoms with van der Waals surface area (Å²) < 4.78 is 5.12. The van der Waals surface area contributed by atoms with E-state index >= 15 is 0 Å². The van der Waals surface area contributed by atoms with E-state index in [1.165, 1.54) is 18.4 Å². The molecule has 0 N–H and O–H groups in total. The number of hydrogen-bond acceptors (Lipinski definition) is 5. The molecule has 0 aliphatic carbocycles. The van der Waals surface area contributed by atoms with Crippen LogP contribution in [0.3, 0.4) is 0 Å². The molecule has 1 aliphatic heterocycles. The van der Waals surface area contributed by atoms with E-state index in [1.807, 2.05) is 13.8 Å². The molecule has 6 nitrogen and oxygen atoms in total. The standard InChI is InChI=1S/C16H13NO5/c1-9(2)10-7-8-21-13(10)16(20)22-17-14(18)11-5-3-4-6-12(11)15(17)19/h3-9H,1-2H3. The van der Waals surface area contributed by atoms with Gasteiger partial charge in [-0.05, 0) is 24.1 Å². The largest absolute Gasteiger partial charge is 0.457 e. The summed E-state index contributed by atoms with van der Waals surface area (Å²) in [7, 11) is 0. The maximum absolute atomic E-state index is 12.2. The van der Waals surface area contributed by atoms with Crippen molar-refractivity contribution in [2.45, 2.75) is 19.8 Å². The second kappa shape index (κ2) is 5.14. The van der Waals surface area contributed by atoms with Gasteiger partial charge in [-0.15, -0.1) is 0 Å². The van der Waals surface area contributed by atoms with Gasteiger partial charge in [0, 0.05) is 5.56 Å². The van der Waals surface area contributed by atoms with Gasteiger partial charge in [0.1, 0.15) is 0 Å². The maximum Gasteiger partial charge on any atom is 0.399 e. The molecule has 2 heterocycles. The summed E-state index contributed by atoms with van der Waals surface area (Å²) in [6.07, 6.45) is 1.37. The third kappa shape index (κ3) is 2.09. The Labute approximate surface area is 126 Å². The predicted molar refractivity (Wildman–Crippen MR) is 75.2 cm³/mol. The number of benzene rings is 1. The molecule has 6 heteroatoms. The summed E-state index contributed by atoms with van der Waals surface area (Å²) in [6.45, 7) is 3.79. The molecule has 0 fully saturated rings. The van der Waals surface area contributed by atoms with Crippen molar-refractivity contribution in [3.63, 3.8) is 0 Å². The van der Waals surface area contributed by atoms with Crippen LogP contribution in [0.4, 0.5) is 0 Å². The summed E-state index contributed by atoms with van der Waals surface area (Å²) in [5.74, 6) is -2.16. The van der Waals surface area contributed by atoms with Crippen LogP contribution in [-0.2, 0) is 4.84 Å². The van der Waals surface area contributed by atoms with Crippen molar-refractivity contribution in [2.75, 3.05) is 0 Å². The molecule has 0 spiro atoms. The van der Waals surface area contributed by atoms with Crippen LogP contribution in [0.5, 0.6) is 0 Å². The van der Waals surface area contributed by atoms with Crippen LogP contribution >= 0.6 is 0 Å². The minimum absolute atomic E-state index is 0.00782. The third-order valence-electron chi connectivity index (χ3n) is 3.43. The number of imide groups is 1. The van der Waals surface area contributed by atoms with Gasteiger partial charge in [-0.3, -0.25) is 9.59 Å². The van der Waals surface area contributed by atoms with E-state index < -0.39 is 17.8 Å². The first kappa shape index (κ1) is 14.1. The molecule has 112 valence electrons. The van der Waals surface area contributed by atoms with Crippen LogP contribution in [0.15, 0.2) is 41.0 Å². The zero-order valence-electron chi connectivity index (χ0n) is 12.0. The van der Waals surface area contributed by atoms with Gasteiger partial charge in [-0.25, -0.2) is 4.79 Å². The number of carbonyl (C=O) groups excluding carboxylic acids is 3. The van der Waals surface area contributed by atoms with Gasteiger partial charge in [-0.1, -0.05) is 31.0 Å². The van der Waals surface area contributed by atoms with E-state index in [1.54, 1.807) is 18.2 Å². The zero-order chi connectivity index (χ0) is 15.9. The predicted octanol–water partition coefficient (Wildman–Crippen LogP) is 2.77. The monoisotopic (exact) mass is 299 g/mol. The molecular weight excluding hydrogens is 286 g/mol. The maximum atomic E-state index is 12.2. The summed E-state index contributed by atoms with van der Waals surface area (Å²) >= 11 is 0. The average Bonchev–Trinajstić information content (AvgIpc) is 3.08. The van der Waals surface area contributed by atoms with Crippen molar-refractivity contribution in [3.05, 3.63) is 59.0 Å². The molecule has 0 atom stereocenters. The first-order valence-electron chi connectivity index (χ1n) is 6.78. The normalized spacial score (nSPS) is 13.7. The smallest absolute Gasteiger partial charge is 0.399 e. The highest BCUT2D eigenvalue weighted by molar-refractivity contribution is 6.21. The second-order valence-corrected chi connectivity index (χ2v) is 5.19. The van der Waals surface area contributed by atoms with E-state index in [0.29, 0.717) is 10.6 Å². The molecule has 0 bridgehead atoms. The Bertz CT molecular complexity index is 739. The number of carbonyl (C=O) groups is 3. The lowest BCUT2D eigenvalue weighted by Crippen LogP contribution is -2.32. The Morgan fingerprint density at radius 3 is 2.23 bits per heavy atom. The van der Waals surface area contributed by atoms with Gasteiger partial charge in [0.2, 0.25) is 5.76 Å². The number of hydroxylamine groups is 2. The van der Waals surface area contributed by atoms with E-state index in [2.05, 4.69) is 0 Å². The van der Waals surface area contributed by atoms with Crippen LogP contribution in [0.2, 0.25) is 0 Å². The Morgan fingerprint density at radius 1 is 1.09 bits per heavy atom. The number of amides is 2. The number of nitrogens with zero attached hydrogens (tertiary/aromatic N) is 1. The van der Waals surface area contributed by atoms with Gasteiger partial charge >= 0.3 is 5.97 Å². The quantitative estimate of drug-likeness (QED) is 0.814. The molecule has 0 saturated heterocycles. The van der Waals surface area contributed by atoms with Crippen LogP contribution in [0, 0.1) is 0 Å². The number of furan rings is 1. The summed E-state index contributed by atoms with van der Waals surface area (Å²) in [4.78, 5) is 41.4. The second-order valence-electron chi connectivity index (χ2n) is 5.19. The highest BCUT2D eigenvalue weighted by atomic mass is 16.7. The molecule has 1 aromatic carbocycles. The molecule has 3 rings (SSSR count). The molecule has 2 amide bonds. The van der Waals surface area contributed by atoms with Crippen molar-refractivity contribution in [3.8, 4) is 0 Å². The van der Waals surface area contributed by atoms with Crippen molar-refractivity contribution >= 4 is 17.8 Å². The lowest BCUT2D eigenvalue weighted by Gasteiger charge is -2.12. The lowest BCUT2D eigenvalue weighted by molar-refractivity contribution is -0.0604. The van der Waals surface area contributed by atoms with Crippen LogP contribution < -0.4 is 0 Å². The summed E-state index contributed by atoms with van der Waals surface area (Å²) in [5, 5.41) is 0.472. The van der Waals surface area contributed by atoms with E-state index in [-0.39, 0.29) is 22.8 Å². The highest BCUT2D eigenvalue weighted by Crippen LogP contribution is 2.25. The Morgan fingerprint density at radius 2 is 1.68 bits per heavy atom. The molecule has 0 saturated carbocycles. The number of rotatable bonds is 3. The first-order chi connectivity index (χ1) is 10.5.